The normalized spacial score (nSPS) is 11.8. The standard InChI is InChI=1S/C12H19FN2O2S/c1-4-5-6-15-18(16,17)12-8(2)7-10(13)11(14)9(12)3/h7,15H,4-6,14H2,1-3H3. The van der Waals surface area contributed by atoms with E-state index in [1.165, 1.54) is 6.92 Å². The zero-order chi connectivity index (χ0) is 13.9. The molecule has 4 nitrogen and oxygen atoms in total. The lowest BCUT2D eigenvalue weighted by molar-refractivity contribution is 0.576. The van der Waals surface area contributed by atoms with Gasteiger partial charge in [-0.2, -0.15) is 0 Å². The van der Waals surface area contributed by atoms with Crippen molar-refractivity contribution in [2.45, 2.75) is 38.5 Å². The largest absolute Gasteiger partial charge is 0.396 e. The van der Waals surface area contributed by atoms with Crippen molar-refractivity contribution >= 4 is 15.7 Å². The molecule has 18 heavy (non-hydrogen) atoms. The van der Waals surface area contributed by atoms with Crippen molar-refractivity contribution in [1.82, 2.24) is 4.72 Å². The Morgan fingerprint density at radius 1 is 1.39 bits per heavy atom. The van der Waals surface area contributed by atoms with Crippen LogP contribution in [0, 0.1) is 19.7 Å². The predicted octanol–water partition coefficient (Wildman–Crippen LogP) is 2.10. The molecule has 102 valence electrons. The van der Waals surface area contributed by atoms with Crippen molar-refractivity contribution in [1.29, 1.82) is 0 Å². The quantitative estimate of drug-likeness (QED) is 0.638. The number of sulfonamides is 1. The van der Waals surface area contributed by atoms with Gasteiger partial charge in [0.25, 0.3) is 0 Å². The van der Waals surface area contributed by atoms with Gasteiger partial charge in [0.15, 0.2) is 0 Å². The minimum absolute atomic E-state index is 0.0810. The fourth-order valence-electron chi connectivity index (χ4n) is 1.80. The summed E-state index contributed by atoms with van der Waals surface area (Å²) in [6, 6.07) is 1.15. The van der Waals surface area contributed by atoms with Crippen LogP contribution in [-0.4, -0.2) is 15.0 Å². The van der Waals surface area contributed by atoms with Crippen LogP contribution in [0.25, 0.3) is 0 Å². The van der Waals surface area contributed by atoms with Crippen molar-refractivity contribution < 1.29 is 12.8 Å². The lowest BCUT2D eigenvalue weighted by atomic mass is 10.1. The highest BCUT2D eigenvalue weighted by Crippen LogP contribution is 2.27. The van der Waals surface area contributed by atoms with Crippen LogP contribution >= 0.6 is 0 Å². The van der Waals surface area contributed by atoms with E-state index in [4.69, 9.17) is 5.73 Å². The van der Waals surface area contributed by atoms with Gasteiger partial charge in [0.1, 0.15) is 5.82 Å². The summed E-state index contributed by atoms with van der Waals surface area (Å²) in [5.41, 5.74) is 6.05. The molecule has 0 heterocycles. The molecule has 0 aliphatic carbocycles. The molecule has 0 fully saturated rings. The second kappa shape index (κ2) is 5.67. The Bertz CT molecular complexity index is 541. The number of aryl methyl sites for hydroxylation is 1. The van der Waals surface area contributed by atoms with E-state index in [-0.39, 0.29) is 16.1 Å². The Balaban J connectivity index is 3.21. The van der Waals surface area contributed by atoms with E-state index >= 15 is 0 Å². The number of anilines is 1. The summed E-state index contributed by atoms with van der Waals surface area (Å²) in [6.07, 6.45) is 1.65. The lowest BCUT2D eigenvalue weighted by Crippen LogP contribution is -2.26. The van der Waals surface area contributed by atoms with Crippen molar-refractivity contribution in [2.24, 2.45) is 0 Å². The van der Waals surface area contributed by atoms with Crippen LogP contribution in [-0.2, 0) is 10.0 Å². The minimum atomic E-state index is -3.63. The molecule has 1 aromatic rings. The molecule has 0 atom stereocenters. The summed E-state index contributed by atoms with van der Waals surface area (Å²) in [4.78, 5) is 0.0810. The Morgan fingerprint density at radius 2 is 2.00 bits per heavy atom. The molecule has 0 unspecified atom stereocenters. The highest BCUT2D eigenvalue weighted by atomic mass is 32.2. The van der Waals surface area contributed by atoms with E-state index in [1.54, 1.807) is 6.92 Å². The molecule has 0 aliphatic rings. The molecule has 0 spiro atoms. The fraction of sp³-hybridized carbons (Fsp3) is 0.500. The molecule has 1 rings (SSSR count). The number of unbranched alkanes of at least 4 members (excludes halogenated alkanes) is 1. The van der Waals surface area contributed by atoms with Crippen LogP contribution in [0.1, 0.15) is 30.9 Å². The van der Waals surface area contributed by atoms with Gasteiger partial charge in [-0.3, -0.25) is 0 Å². The molecule has 0 radical (unpaired) electrons. The van der Waals surface area contributed by atoms with Crippen LogP contribution in [0.15, 0.2) is 11.0 Å². The van der Waals surface area contributed by atoms with E-state index in [0.717, 1.165) is 18.9 Å². The molecule has 0 saturated carbocycles. The maximum absolute atomic E-state index is 13.4. The van der Waals surface area contributed by atoms with Gasteiger partial charge in [-0.1, -0.05) is 13.3 Å². The Hall–Kier alpha value is -1.14. The number of benzene rings is 1. The molecule has 1 aromatic carbocycles. The minimum Gasteiger partial charge on any atom is -0.396 e. The van der Waals surface area contributed by atoms with Crippen LogP contribution in [0.5, 0.6) is 0 Å². The summed E-state index contributed by atoms with van der Waals surface area (Å²) < 4.78 is 40.1. The molecule has 3 N–H and O–H groups in total. The van der Waals surface area contributed by atoms with Crippen molar-refractivity contribution in [3.63, 3.8) is 0 Å². The van der Waals surface area contributed by atoms with Crippen LogP contribution in [0.2, 0.25) is 0 Å². The van der Waals surface area contributed by atoms with Gasteiger partial charge in [-0.15, -0.1) is 0 Å². The maximum atomic E-state index is 13.4. The second-order valence-corrected chi connectivity index (χ2v) is 6.00. The summed E-state index contributed by atoms with van der Waals surface area (Å²) in [5.74, 6) is -0.586. The maximum Gasteiger partial charge on any atom is 0.241 e. The van der Waals surface area contributed by atoms with E-state index < -0.39 is 15.8 Å². The molecule has 6 heteroatoms. The monoisotopic (exact) mass is 274 g/mol. The summed E-state index contributed by atoms with van der Waals surface area (Å²) in [7, 11) is -3.63. The van der Waals surface area contributed by atoms with Gasteiger partial charge < -0.3 is 5.73 Å². The first-order valence-electron chi connectivity index (χ1n) is 5.86. The highest BCUT2D eigenvalue weighted by Gasteiger charge is 2.22. The Kier molecular flexibility index (Phi) is 4.70. The molecule has 0 aromatic heterocycles. The number of nitrogens with one attached hydrogen (secondary N) is 1. The molecule has 0 aliphatic heterocycles. The van der Waals surface area contributed by atoms with Gasteiger partial charge in [0.05, 0.1) is 10.6 Å². The van der Waals surface area contributed by atoms with Crippen LogP contribution < -0.4 is 10.5 Å². The number of hydrogen-bond acceptors (Lipinski definition) is 3. The van der Waals surface area contributed by atoms with Crippen molar-refractivity contribution in [3.8, 4) is 0 Å². The number of hydrogen-bond donors (Lipinski definition) is 2. The third-order valence-electron chi connectivity index (χ3n) is 2.79. The first-order chi connectivity index (χ1) is 8.31. The average Bonchev–Trinajstić information content (AvgIpc) is 2.25. The van der Waals surface area contributed by atoms with Gasteiger partial charge >= 0.3 is 0 Å². The third kappa shape index (κ3) is 3.00. The number of halogens is 1. The van der Waals surface area contributed by atoms with Gasteiger partial charge in [-0.05, 0) is 37.5 Å². The number of rotatable bonds is 5. The van der Waals surface area contributed by atoms with Crippen LogP contribution in [0.3, 0.4) is 0 Å². The van der Waals surface area contributed by atoms with Crippen LogP contribution in [0.4, 0.5) is 10.1 Å². The Labute approximate surface area is 107 Å². The SMILES string of the molecule is CCCCNS(=O)(=O)c1c(C)cc(F)c(N)c1C. The van der Waals surface area contributed by atoms with Crippen molar-refractivity contribution in [2.75, 3.05) is 12.3 Å². The third-order valence-corrected chi connectivity index (χ3v) is 4.54. The summed E-state index contributed by atoms with van der Waals surface area (Å²) in [6.45, 7) is 5.42. The zero-order valence-corrected chi connectivity index (χ0v) is 11.7. The average molecular weight is 274 g/mol. The Morgan fingerprint density at radius 3 is 2.56 bits per heavy atom. The molecular weight excluding hydrogens is 255 g/mol. The molecule has 0 bridgehead atoms. The van der Waals surface area contributed by atoms with E-state index in [0.29, 0.717) is 12.1 Å². The van der Waals surface area contributed by atoms with Gasteiger partial charge in [-0.25, -0.2) is 17.5 Å². The highest BCUT2D eigenvalue weighted by molar-refractivity contribution is 7.89. The lowest BCUT2D eigenvalue weighted by Gasteiger charge is -2.14. The smallest absolute Gasteiger partial charge is 0.241 e. The van der Waals surface area contributed by atoms with Gasteiger partial charge in [0, 0.05) is 6.54 Å². The first kappa shape index (κ1) is 14.9. The van der Waals surface area contributed by atoms with E-state index in [9.17, 15) is 12.8 Å². The molecule has 0 saturated heterocycles. The predicted molar refractivity (Wildman–Crippen MR) is 70.4 cm³/mol. The second-order valence-electron chi connectivity index (χ2n) is 4.29. The summed E-state index contributed by atoms with van der Waals surface area (Å²) in [5, 5.41) is 0. The molecular formula is C12H19FN2O2S. The molecule has 0 amide bonds. The van der Waals surface area contributed by atoms with Gasteiger partial charge in [0.2, 0.25) is 10.0 Å². The number of nitrogen functional groups attached to an aromatic ring is 1. The van der Waals surface area contributed by atoms with E-state index in [2.05, 4.69) is 4.72 Å². The first-order valence-corrected chi connectivity index (χ1v) is 7.34. The van der Waals surface area contributed by atoms with Crippen molar-refractivity contribution in [3.05, 3.63) is 23.0 Å². The summed E-state index contributed by atoms with van der Waals surface area (Å²) >= 11 is 0. The topological polar surface area (TPSA) is 72.2 Å². The number of nitrogens with two attached hydrogens (primary N) is 1. The fourth-order valence-corrected chi connectivity index (χ4v) is 3.35. The van der Waals surface area contributed by atoms with E-state index in [1.807, 2.05) is 6.92 Å². The zero-order valence-electron chi connectivity index (χ0n) is 10.9.